The van der Waals surface area contributed by atoms with E-state index in [4.69, 9.17) is 5.11 Å². The number of aromatic carboxylic acids is 1. The molecule has 1 aromatic rings. The fourth-order valence-corrected chi connectivity index (χ4v) is 2.94. The van der Waals surface area contributed by atoms with Gasteiger partial charge in [0.15, 0.2) is 0 Å². The molecule has 0 heterocycles. The molecule has 2 amide bonds. The van der Waals surface area contributed by atoms with Crippen molar-refractivity contribution in [3.63, 3.8) is 0 Å². The molecule has 0 aliphatic heterocycles. The van der Waals surface area contributed by atoms with Gasteiger partial charge in [0.25, 0.3) is 0 Å². The predicted octanol–water partition coefficient (Wildman–Crippen LogP) is 3.60. The van der Waals surface area contributed by atoms with E-state index in [1.807, 2.05) is 6.92 Å². The predicted molar refractivity (Wildman–Crippen MR) is 80.1 cm³/mol. The number of carboxylic acid groups (broad SMARTS) is 1. The lowest BCUT2D eigenvalue weighted by Gasteiger charge is -2.25. The summed E-state index contributed by atoms with van der Waals surface area (Å²) in [7, 11) is 0. The van der Waals surface area contributed by atoms with E-state index in [2.05, 4.69) is 26.6 Å². The van der Waals surface area contributed by atoms with Crippen molar-refractivity contribution in [2.75, 3.05) is 5.32 Å². The van der Waals surface area contributed by atoms with E-state index in [-0.39, 0.29) is 17.1 Å². The average molecular weight is 341 g/mol. The molecular formula is C14H17BrN2O3. The molecule has 20 heavy (non-hydrogen) atoms. The lowest BCUT2D eigenvalue weighted by atomic mass is 10.0. The van der Waals surface area contributed by atoms with Crippen LogP contribution in [0.1, 0.15) is 43.0 Å². The van der Waals surface area contributed by atoms with E-state index in [1.165, 1.54) is 12.1 Å². The van der Waals surface area contributed by atoms with E-state index in [0.29, 0.717) is 10.2 Å². The lowest BCUT2D eigenvalue weighted by molar-refractivity contribution is 0.0697. The van der Waals surface area contributed by atoms with Crippen molar-refractivity contribution in [3.05, 3.63) is 28.2 Å². The van der Waals surface area contributed by atoms with Crippen LogP contribution in [0.15, 0.2) is 22.7 Å². The van der Waals surface area contributed by atoms with E-state index in [9.17, 15) is 9.59 Å². The number of carboxylic acids is 1. The van der Waals surface area contributed by atoms with Crippen LogP contribution in [0.4, 0.5) is 10.5 Å². The van der Waals surface area contributed by atoms with E-state index < -0.39 is 5.97 Å². The molecule has 0 bridgehead atoms. The molecule has 1 saturated carbocycles. The van der Waals surface area contributed by atoms with Gasteiger partial charge < -0.3 is 15.7 Å². The van der Waals surface area contributed by atoms with Crippen molar-refractivity contribution in [1.82, 2.24) is 5.32 Å². The van der Waals surface area contributed by atoms with Gasteiger partial charge in [-0.1, -0.05) is 12.8 Å². The summed E-state index contributed by atoms with van der Waals surface area (Å²) in [6.07, 6.45) is 4.24. The fourth-order valence-electron chi connectivity index (χ4n) is 2.46. The van der Waals surface area contributed by atoms with Crippen molar-refractivity contribution in [3.8, 4) is 0 Å². The first-order chi connectivity index (χ1) is 9.39. The quantitative estimate of drug-likeness (QED) is 0.786. The summed E-state index contributed by atoms with van der Waals surface area (Å²) >= 11 is 3.26. The number of amides is 2. The van der Waals surface area contributed by atoms with Crippen LogP contribution in [0.25, 0.3) is 0 Å². The topological polar surface area (TPSA) is 78.4 Å². The highest BCUT2D eigenvalue weighted by Crippen LogP contribution is 2.29. The zero-order chi connectivity index (χ0) is 14.8. The number of anilines is 1. The summed E-state index contributed by atoms with van der Waals surface area (Å²) in [6.45, 7) is 2.04. The highest BCUT2D eigenvalue weighted by molar-refractivity contribution is 9.10. The molecule has 1 aliphatic rings. The lowest BCUT2D eigenvalue weighted by Crippen LogP contribution is -2.45. The van der Waals surface area contributed by atoms with Crippen molar-refractivity contribution in [2.24, 2.45) is 0 Å². The Kier molecular flexibility index (Phi) is 4.32. The van der Waals surface area contributed by atoms with Crippen molar-refractivity contribution in [2.45, 2.75) is 38.1 Å². The number of halogens is 1. The van der Waals surface area contributed by atoms with Crippen molar-refractivity contribution < 1.29 is 14.7 Å². The Hall–Kier alpha value is -1.56. The molecular weight excluding hydrogens is 324 g/mol. The second kappa shape index (κ2) is 5.83. The summed E-state index contributed by atoms with van der Waals surface area (Å²) in [5.41, 5.74) is 0.581. The molecule has 108 valence electrons. The molecule has 1 fully saturated rings. The molecule has 3 N–H and O–H groups in total. The zero-order valence-electron chi connectivity index (χ0n) is 11.2. The molecule has 0 saturated heterocycles. The minimum absolute atomic E-state index is 0.141. The van der Waals surface area contributed by atoms with E-state index in [0.717, 1.165) is 25.7 Å². The van der Waals surface area contributed by atoms with Gasteiger partial charge in [-0.3, -0.25) is 0 Å². The number of nitrogens with one attached hydrogen (secondary N) is 2. The Bertz CT molecular complexity index is 539. The largest absolute Gasteiger partial charge is 0.478 e. The van der Waals surface area contributed by atoms with Crippen LogP contribution in [0, 0.1) is 0 Å². The maximum absolute atomic E-state index is 12.0. The summed E-state index contributed by atoms with van der Waals surface area (Å²) in [5, 5.41) is 14.6. The fraction of sp³-hybridized carbons (Fsp3) is 0.429. The number of urea groups is 1. The van der Waals surface area contributed by atoms with Crippen LogP contribution in [-0.4, -0.2) is 22.6 Å². The van der Waals surface area contributed by atoms with Gasteiger partial charge in [-0.2, -0.15) is 0 Å². The molecule has 1 aromatic carbocycles. The van der Waals surface area contributed by atoms with Crippen LogP contribution in [0.2, 0.25) is 0 Å². The summed E-state index contributed by atoms with van der Waals surface area (Å²) in [5.74, 6) is -1.000. The van der Waals surface area contributed by atoms with Gasteiger partial charge in [-0.15, -0.1) is 0 Å². The second-order valence-corrected chi connectivity index (χ2v) is 6.20. The van der Waals surface area contributed by atoms with Gasteiger partial charge in [-0.05, 0) is 53.9 Å². The molecule has 0 aromatic heterocycles. The van der Waals surface area contributed by atoms with Crippen molar-refractivity contribution in [1.29, 1.82) is 0 Å². The Morgan fingerprint density at radius 2 is 1.95 bits per heavy atom. The number of carbonyl (C=O) groups excluding carboxylic acids is 1. The van der Waals surface area contributed by atoms with Gasteiger partial charge >= 0.3 is 12.0 Å². The highest BCUT2D eigenvalue weighted by atomic mass is 79.9. The maximum atomic E-state index is 12.0. The van der Waals surface area contributed by atoms with Crippen LogP contribution in [0.5, 0.6) is 0 Å². The number of benzene rings is 1. The van der Waals surface area contributed by atoms with Crippen LogP contribution >= 0.6 is 15.9 Å². The molecule has 0 unspecified atom stereocenters. The zero-order valence-corrected chi connectivity index (χ0v) is 12.8. The first kappa shape index (κ1) is 14.8. The van der Waals surface area contributed by atoms with Gasteiger partial charge in [0.1, 0.15) is 0 Å². The van der Waals surface area contributed by atoms with E-state index >= 15 is 0 Å². The smallest absolute Gasteiger partial charge is 0.335 e. The Morgan fingerprint density at radius 1 is 1.30 bits per heavy atom. The number of hydrogen-bond acceptors (Lipinski definition) is 2. The molecule has 2 rings (SSSR count). The normalized spacial score (nSPS) is 16.7. The SMILES string of the molecule is CC1(NC(=O)Nc2ccc(C(=O)O)cc2Br)CCCC1. The molecule has 1 aliphatic carbocycles. The van der Waals surface area contributed by atoms with Crippen molar-refractivity contribution >= 4 is 33.6 Å². The van der Waals surface area contributed by atoms with Gasteiger partial charge in [0, 0.05) is 10.0 Å². The minimum atomic E-state index is -1.000. The first-order valence-corrected chi connectivity index (χ1v) is 7.31. The number of rotatable bonds is 3. The monoisotopic (exact) mass is 340 g/mol. The molecule has 0 spiro atoms. The maximum Gasteiger partial charge on any atom is 0.335 e. The first-order valence-electron chi connectivity index (χ1n) is 6.52. The number of hydrogen-bond donors (Lipinski definition) is 3. The van der Waals surface area contributed by atoms with E-state index in [1.54, 1.807) is 6.07 Å². The summed E-state index contributed by atoms with van der Waals surface area (Å²) < 4.78 is 0.545. The third-order valence-electron chi connectivity index (χ3n) is 3.59. The summed E-state index contributed by atoms with van der Waals surface area (Å²) in [4.78, 5) is 22.8. The van der Waals surface area contributed by atoms with Gasteiger partial charge in [0.2, 0.25) is 0 Å². The number of carbonyl (C=O) groups is 2. The molecule has 5 nitrogen and oxygen atoms in total. The third kappa shape index (κ3) is 3.50. The minimum Gasteiger partial charge on any atom is -0.478 e. The molecule has 0 atom stereocenters. The Labute approximate surface area is 125 Å². The molecule has 0 radical (unpaired) electrons. The standard InChI is InChI=1S/C14H17BrN2O3/c1-14(6-2-3-7-14)17-13(20)16-11-5-4-9(12(18)19)8-10(11)15/h4-5,8H,2-3,6-7H2,1H3,(H,18,19)(H2,16,17,20). The second-order valence-electron chi connectivity index (χ2n) is 5.35. The molecule has 6 heteroatoms. The van der Waals surface area contributed by atoms with Gasteiger partial charge in [0.05, 0.1) is 11.3 Å². The van der Waals surface area contributed by atoms with Crippen LogP contribution in [-0.2, 0) is 0 Å². The summed E-state index contributed by atoms with van der Waals surface area (Å²) in [6, 6.07) is 4.23. The Balaban J connectivity index is 2.02. The van der Waals surface area contributed by atoms with Crippen LogP contribution in [0.3, 0.4) is 0 Å². The van der Waals surface area contributed by atoms with Crippen LogP contribution < -0.4 is 10.6 Å². The highest BCUT2D eigenvalue weighted by Gasteiger charge is 2.30. The Morgan fingerprint density at radius 3 is 2.50 bits per heavy atom. The third-order valence-corrected chi connectivity index (χ3v) is 4.24. The van der Waals surface area contributed by atoms with Gasteiger partial charge in [-0.25, -0.2) is 9.59 Å². The average Bonchev–Trinajstić information content (AvgIpc) is 2.77.